The molecule has 1 heterocycles. The molecule has 9 atom stereocenters. The Morgan fingerprint density at radius 2 is 1.12 bits per heavy atom. The zero-order valence-corrected chi connectivity index (χ0v) is 40.0. The minimum Gasteiger partial charge on any atom is -0.480 e. The molecule has 0 aromatic heterocycles. The van der Waals surface area contributed by atoms with Crippen LogP contribution in [0.5, 0.6) is 0 Å². The normalized spacial score (nSPS) is 16.8. The molecule has 9 amide bonds. The summed E-state index contributed by atoms with van der Waals surface area (Å²) in [6, 6.07) is -10.6. The van der Waals surface area contributed by atoms with E-state index in [0.717, 1.165) is 0 Å². The molecule has 0 spiro atoms. The predicted molar refractivity (Wildman–Crippen MR) is 249 cm³/mol. The topological polar surface area (TPSA) is 444 Å². The number of nitrogens with two attached hydrogens (primary N) is 5. The number of carbonyl (C=O) groups is 10. The highest BCUT2D eigenvalue weighted by Crippen LogP contribution is 2.21. The van der Waals surface area contributed by atoms with Gasteiger partial charge in [-0.25, -0.2) is 4.79 Å². The molecule has 0 unspecified atom stereocenters. The predicted octanol–water partition coefficient (Wildman–Crippen LogP) is -4.71. The molecule has 0 aromatic carbocycles. The molecule has 1 saturated heterocycles. The number of amides is 9. The molecule has 26 nitrogen and oxygen atoms in total. The Kier molecular flexibility index (Phi) is 27.3. The highest BCUT2D eigenvalue weighted by atomic mass is 16.4. The molecule has 0 aliphatic carbocycles. The number of rotatable bonds is 32. The van der Waals surface area contributed by atoms with Crippen LogP contribution in [0.2, 0.25) is 0 Å². The number of carboxylic acids is 1. The molecule has 1 aliphatic heterocycles. The summed E-state index contributed by atoms with van der Waals surface area (Å²) in [6.07, 6.45) is 2.67. The summed E-state index contributed by atoms with van der Waals surface area (Å²) in [5.74, 6) is -8.73. The maximum Gasteiger partial charge on any atom is 0.326 e. The van der Waals surface area contributed by atoms with Crippen molar-refractivity contribution in [3.63, 3.8) is 0 Å². The van der Waals surface area contributed by atoms with Crippen molar-refractivity contribution in [1.29, 1.82) is 5.41 Å². The minimum atomic E-state index is -1.45. The summed E-state index contributed by atoms with van der Waals surface area (Å²) in [4.78, 5) is 132. The average Bonchev–Trinajstić information content (AvgIpc) is 3.76. The van der Waals surface area contributed by atoms with Crippen molar-refractivity contribution < 1.29 is 53.1 Å². The first-order valence-electron chi connectivity index (χ1n) is 23.1. The number of nitrogens with zero attached hydrogens (tertiary/aromatic N) is 1. The molecule has 26 heteroatoms. The quantitative estimate of drug-likeness (QED) is 0.0171. The number of primary amides is 1. The number of unbranched alkanes of at least 4 members (excludes halogenated alkanes) is 2. The number of likely N-dealkylation sites (tertiary alicyclic amines) is 1. The van der Waals surface area contributed by atoms with Crippen molar-refractivity contribution in [3.05, 3.63) is 0 Å². The molecule has 20 N–H and O–H groups in total. The summed E-state index contributed by atoms with van der Waals surface area (Å²) in [6.45, 7) is 8.36. The first kappa shape index (κ1) is 59.9. The van der Waals surface area contributed by atoms with E-state index in [1.54, 1.807) is 13.8 Å². The van der Waals surface area contributed by atoms with Crippen LogP contribution in [-0.2, 0) is 47.9 Å². The highest BCUT2D eigenvalue weighted by molar-refractivity contribution is 5.98. The van der Waals surface area contributed by atoms with E-state index in [9.17, 15) is 53.1 Å². The molecule has 386 valence electrons. The highest BCUT2D eigenvalue weighted by Gasteiger charge is 2.40. The number of nitrogens with one attached hydrogen (secondary N) is 9. The lowest BCUT2D eigenvalue weighted by Crippen LogP contribution is -2.60. The molecule has 1 rings (SSSR count). The SMILES string of the molecule is CC(C)[C@H](NC(=O)[C@H](CCCCN)NC(=O)[C@H](CCCNC(=N)N)NC(=O)[C@@H]1CCCN1C(=O)[C@@H](CCCCN)NC(=O)[C@H](C)N)C(=O)N[C@@H](C)C(=O)N[C@@H](C)C(=O)N[C@@H](CCC(N)=O)C(=O)O. The molecule has 1 aliphatic rings. The zero-order valence-electron chi connectivity index (χ0n) is 40.0. The van der Waals surface area contributed by atoms with Gasteiger partial charge in [-0.3, -0.25) is 48.6 Å². The fourth-order valence-electron chi connectivity index (χ4n) is 7.06. The summed E-state index contributed by atoms with van der Waals surface area (Å²) in [5, 5.41) is 37.4. The molecule has 68 heavy (non-hydrogen) atoms. The molecule has 0 radical (unpaired) electrons. The monoisotopic (exact) mass is 968 g/mol. The van der Waals surface area contributed by atoms with Crippen LogP contribution in [-0.4, -0.2) is 156 Å². The van der Waals surface area contributed by atoms with E-state index in [2.05, 4.69) is 42.5 Å². The lowest BCUT2D eigenvalue weighted by molar-refractivity contribution is -0.142. The van der Waals surface area contributed by atoms with Gasteiger partial charge in [0.05, 0.1) is 6.04 Å². The van der Waals surface area contributed by atoms with Crippen LogP contribution in [0.1, 0.15) is 112 Å². The van der Waals surface area contributed by atoms with Gasteiger partial charge in [0, 0.05) is 19.5 Å². The van der Waals surface area contributed by atoms with Crippen LogP contribution in [0.15, 0.2) is 0 Å². The minimum absolute atomic E-state index is 0.00844. The molecule has 0 bridgehead atoms. The van der Waals surface area contributed by atoms with Crippen LogP contribution in [0.4, 0.5) is 0 Å². The molecular formula is C42H77N15O11. The van der Waals surface area contributed by atoms with E-state index >= 15 is 0 Å². The van der Waals surface area contributed by atoms with Crippen LogP contribution < -0.4 is 71.2 Å². The summed E-state index contributed by atoms with van der Waals surface area (Å²) >= 11 is 0. The number of hydrogen-bond acceptors (Lipinski definition) is 14. The summed E-state index contributed by atoms with van der Waals surface area (Å²) in [5.41, 5.74) is 27.7. The second-order valence-electron chi connectivity index (χ2n) is 17.3. The molecular weight excluding hydrogens is 891 g/mol. The molecule has 1 fully saturated rings. The number of carboxylic acid groups (broad SMARTS) is 1. The average molecular weight is 968 g/mol. The largest absolute Gasteiger partial charge is 0.480 e. The third kappa shape index (κ3) is 21.6. The van der Waals surface area contributed by atoms with Gasteiger partial charge in [-0.15, -0.1) is 0 Å². The Morgan fingerprint density at radius 3 is 1.65 bits per heavy atom. The van der Waals surface area contributed by atoms with Crippen LogP contribution in [0, 0.1) is 11.3 Å². The third-order valence-corrected chi connectivity index (χ3v) is 11.1. The number of aliphatic carboxylic acids is 1. The maximum absolute atomic E-state index is 14.1. The standard InChI is InChI=1S/C42H77N15O11/c1-22(2)32(39(65)51-24(4)34(60)50-25(5)35(61)55-29(41(67)68)16-17-31(46)58)56-37(63)26(12-6-8-18-43)52-36(62)27(14-10-20-49-42(47)48)53-38(64)30-15-11-21-57(30)40(66)28(13-7-9-19-44)54-33(59)23(3)45/h22-30,32H,6-21,43-45H2,1-5H3,(H2,46,58)(H,50,60)(H,51,65)(H,52,62)(H,53,64)(H,54,59)(H,55,61)(H,56,63)(H,67,68)(H4,47,48,49)/t23-,24-,25-,26-,27-,28+,29-,30-,32-/m0/s1. The van der Waals surface area contributed by atoms with Gasteiger partial charge in [-0.05, 0) is 110 Å². The van der Waals surface area contributed by atoms with E-state index in [1.165, 1.54) is 25.7 Å². The van der Waals surface area contributed by atoms with Crippen molar-refractivity contribution in [2.75, 3.05) is 26.2 Å². The maximum atomic E-state index is 14.1. The zero-order chi connectivity index (χ0) is 51.7. The first-order valence-corrected chi connectivity index (χ1v) is 23.1. The van der Waals surface area contributed by atoms with Crippen LogP contribution in [0.3, 0.4) is 0 Å². The van der Waals surface area contributed by atoms with Gasteiger partial charge >= 0.3 is 5.97 Å². The van der Waals surface area contributed by atoms with E-state index < -0.39 is 119 Å². The smallest absolute Gasteiger partial charge is 0.326 e. The van der Waals surface area contributed by atoms with E-state index in [-0.39, 0.29) is 70.5 Å². The lowest BCUT2D eigenvalue weighted by atomic mass is 10.0. The Balaban J connectivity index is 3.26. The van der Waals surface area contributed by atoms with Crippen molar-refractivity contribution in [3.8, 4) is 0 Å². The van der Waals surface area contributed by atoms with Gasteiger partial charge in [0.1, 0.15) is 48.3 Å². The summed E-state index contributed by atoms with van der Waals surface area (Å²) in [7, 11) is 0. The van der Waals surface area contributed by atoms with Gasteiger partial charge < -0.3 is 81.2 Å². The van der Waals surface area contributed by atoms with Crippen molar-refractivity contribution in [1.82, 2.24) is 47.4 Å². The van der Waals surface area contributed by atoms with Gasteiger partial charge in [0.15, 0.2) is 5.96 Å². The number of guanidine groups is 1. The summed E-state index contributed by atoms with van der Waals surface area (Å²) < 4.78 is 0. The molecule has 0 saturated carbocycles. The Labute approximate surface area is 397 Å². The van der Waals surface area contributed by atoms with Crippen LogP contribution >= 0.6 is 0 Å². The first-order chi connectivity index (χ1) is 31.9. The van der Waals surface area contributed by atoms with Crippen molar-refractivity contribution in [2.24, 2.45) is 34.6 Å². The Morgan fingerprint density at radius 1 is 0.618 bits per heavy atom. The van der Waals surface area contributed by atoms with Crippen molar-refractivity contribution in [2.45, 2.75) is 166 Å². The second-order valence-corrected chi connectivity index (χ2v) is 17.3. The van der Waals surface area contributed by atoms with Gasteiger partial charge in [-0.2, -0.15) is 0 Å². The van der Waals surface area contributed by atoms with Gasteiger partial charge in [-0.1, -0.05) is 13.8 Å². The fourth-order valence-corrected chi connectivity index (χ4v) is 7.06. The van der Waals surface area contributed by atoms with Crippen LogP contribution in [0.25, 0.3) is 0 Å². The number of carbonyl (C=O) groups excluding carboxylic acids is 9. The third-order valence-electron chi connectivity index (χ3n) is 11.1. The van der Waals surface area contributed by atoms with Gasteiger partial charge in [0.2, 0.25) is 53.2 Å². The second kappa shape index (κ2) is 31.0. The Bertz CT molecular complexity index is 1750. The van der Waals surface area contributed by atoms with Crippen molar-refractivity contribution >= 4 is 65.1 Å². The van der Waals surface area contributed by atoms with E-state index in [4.69, 9.17) is 34.1 Å². The number of hydrogen-bond donors (Lipinski definition) is 15. The van der Waals surface area contributed by atoms with Gasteiger partial charge in [0.25, 0.3) is 0 Å². The van der Waals surface area contributed by atoms with E-state index in [1.807, 2.05) is 0 Å². The van der Waals surface area contributed by atoms with E-state index in [0.29, 0.717) is 38.6 Å². The molecule has 0 aromatic rings. The fraction of sp³-hybridized carbons (Fsp3) is 0.738. The Hall–Kier alpha value is -6.15. The lowest BCUT2D eigenvalue weighted by Gasteiger charge is -2.31.